The van der Waals surface area contributed by atoms with E-state index in [9.17, 15) is 0 Å². The highest BCUT2D eigenvalue weighted by molar-refractivity contribution is 4.97. The monoisotopic (exact) mass is 164 g/mol. The van der Waals surface area contributed by atoms with Gasteiger partial charge in [-0.25, -0.2) is 0 Å². The van der Waals surface area contributed by atoms with Crippen LogP contribution in [0, 0.1) is 12.0 Å². The van der Waals surface area contributed by atoms with Gasteiger partial charge in [0.1, 0.15) is 12.2 Å². The van der Waals surface area contributed by atoms with Crippen LogP contribution in [-0.4, -0.2) is 6.10 Å². The van der Waals surface area contributed by atoms with Crippen molar-refractivity contribution in [1.29, 1.82) is 0 Å². The third kappa shape index (κ3) is 3.48. The van der Waals surface area contributed by atoms with Crippen molar-refractivity contribution in [2.24, 2.45) is 0 Å². The average molecular weight is 164 g/mol. The molecule has 1 rings (SSSR count). The lowest BCUT2D eigenvalue weighted by atomic mass is 9.98. The van der Waals surface area contributed by atoms with Crippen LogP contribution < -0.4 is 0 Å². The van der Waals surface area contributed by atoms with Gasteiger partial charge in [0.05, 0.1) is 0 Å². The molecule has 0 heterocycles. The van der Waals surface area contributed by atoms with E-state index in [0.29, 0.717) is 6.10 Å². The van der Waals surface area contributed by atoms with Crippen LogP contribution in [0.3, 0.4) is 0 Å². The summed E-state index contributed by atoms with van der Waals surface area (Å²) in [5.74, 6) is 2.89. The first kappa shape index (κ1) is 9.19. The number of hydrogen-bond acceptors (Lipinski definition) is 1. The van der Waals surface area contributed by atoms with Crippen LogP contribution >= 0.6 is 0 Å². The number of allylic oxidation sites excluding steroid dienone is 1. The summed E-state index contributed by atoms with van der Waals surface area (Å²) in [4.78, 5) is 0. The van der Waals surface area contributed by atoms with Crippen molar-refractivity contribution in [2.45, 2.75) is 44.6 Å². The number of ether oxygens (including phenoxy) is 1. The van der Waals surface area contributed by atoms with Crippen LogP contribution in [-0.2, 0) is 4.74 Å². The Bertz CT molecular complexity index is 179. The third-order valence-corrected chi connectivity index (χ3v) is 2.10. The fourth-order valence-electron chi connectivity index (χ4n) is 1.42. The third-order valence-electron chi connectivity index (χ3n) is 2.10. The Morgan fingerprint density at radius 1 is 1.33 bits per heavy atom. The van der Waals surface area contributed by atoms with Crippen LogP contribution in [0.4, 0.5) is 0 Å². The van der Waals surface area contributed by atoms with Crippen molar-refractivity contribution < 1.29 is 4.74 Å². The lowest BCUT2D eigenvalue weighted by molar-refractivity contribution is 0.124. The highest BCUT2D eigenvalue weighted by Crippen LogP contribution is 2.19. The Labute approximate surface area is 74.8 Å². The van der Waals surface area contributed by atoms with Crippen molar-refractivity contribution in [3.05, 3.63) is 12.7 Å². The zero-order valence-electron chi connectivity index (χ0n) is 7.51. The van der Waals surface area contributed by atoms with Gasteiger partial charge in [-0.2, -0.15) is 0 Å². The maximum absolute atomic E-state index is 5.38. The topological polar surface area (TPSA) is 9.23 Å². The second-order valence-electron chi connectivity index (χ2n) is 3.15. The molecule has 0 aliphatic heterocycles. The number of rotatable bonds is 2. The fourth-order valence-corrected chi connectivity index (χ4v) is 1.42. The summed E-state index contributed by atoms with van der Waals surface area (Å²) < 4.78 is 5.38. The van der Waals surface area contributed by atoms with Crippen LogP contribution in [0.25, 0.3) is 0 Å². The minimum Gasteiger partial charge on any atom is -0.443 e. The Balaban J connectivity index is 2.13. The summed E-state index contributed by atoms with van der Waals surface area (Å²) in [6.07, 6.45) is 12.0. The molecule has 0 aromatic heterocycles. The van der Waals surface area contributed by atoms with Gasteiger partial charge in [0.15, 0.2) is 0 Å². The molecule has 12 heavy (non-hydrogen) atoms. The predicted molar refractivity (Wildman–Crippen MR) is 50.5 cm³/mol. The summed E-state index contributed by atoms with van der Waals surface area (Å²) in [6.45, 7) is 3.59. The van der Waals surface area contributed by atoms with Crippen molar-refractivity contribution in [3.63, 3.8) is 0 Å². The maximum atomic E-state index is 5.38. The molecule has 0 spiro atoms. The summed E-state index contributed by atoms with van der Waals surface area (Å²) >= 11 is 0. The van der Waals surface area contributed by atoms with Gasteiger partial charge in [0, 0.05) is 6.42 Å². The molecule has 0 atom stereocenters. The van der Waals surface area contributed by atoms with Gasteiger partial charge >= 0.3 is 0 Å². The molecule has 1 fully saturated rings. The Kier molecular flexibility index (Phi) is 4.37. The normalized spacial score (nSPS) is 17.7. The Hall–Kier alpha value is -0.900. The predicted octanol–water partition coefficient (Wildman–Crippen LogP) is 2.87. The van der Waals surface area contributed by atoms with Crippen LogP contribution in [0.15, 0.2) is 12.7 Å². The first-order chi connectivity index (χ1) is 5.93. The summed E-state index contributed by atoms with van der Waals surface area (Å²) in [5.41, 5.74) is 0. The standard InChI is InChI=1S/C11H16O/c1-2-3-7-10-12-11-8-5-4-6-9-11/h2,11H,1,3-6,8-9H2. The molecule has 1 aliphatic rings. The maximum Gasteiger partial charge on any atom is 0.110 e. The smallest absolute Gasteiger partial charge is 0.110 e. The molecule has 1 heteroatoms. The van der Waals surface area contributed by atoms with E-state index in [1.54, 1.807) is 6.08 Å². The average Bonchev–Trinajstić information content (AvgIpc) is 2.14. The largest absolute Gasteiger partial charge is 0.443 e. The zero-order valence-corrected chi connectivity index (χ0v) is 7.51. The minimum absolute atomic E-state index is 0.399. The van der Waals surface area contributed by atoms with Gasteiger partial charge in [-0.15, -0.1) is 6.58 Å². The van der Waals surface area contributed by atoms with Crippen LogP contribution in [0.2, 0.25) is 0 Å². The molecular weight excluding hydrogens is 148 g/mol. The van der Waals surface area contributed by atoms with Gasteiger partial charge in [0.25, 0.3) is 0 Å². The first-order valence-electron chi connectivity index (χ1n) is 4.68. The van der Waals surface area contributed by atoms with E-state index < -0.39 is 0 Å². The van der Waals surface area contributed by atoms with Crippen LogP contribution in [0.1, 0.15) is 38.5 Å². The quantitative estimate of drug-likeness (QED) is 0.450. The van der Waals surface area contributed by atoms with Crippen molar-refractivity contribution in [3.8, 4) is 12.0 Å². The molecule has 0 bridgehead atoms. The molecule has 0 aromatic carbocycles. The lowest BCUT2D eigenvalue weighted by Crippen LogP contribution is -2.13. The SMILES string of the molecule is C=CCC#COC1CCCCC1. The highest BCUT2D eigenvalue weighted by Gasteiger charge is 2.12. The lowest BCUT2D eigenvalue weighted by Gasteiger charge is -2.18. The second-order valence-corrected chi connectivity index (χ2v) is 3.15. The Morgan fingerprint density at radius 3 is 2.75 bits per heavy atom. The molecule has 1 saturated carbocycles. The van der Waals surface area contributed by atoms with Crippen LogP contribution in [0.5, 0.6) is 0 Å². The van der Waals surface area contributed by atoms with E-state index in [2.05, 4.69) is 18.6 Å². The van der Waals surface area contributed by atoms with E-state index >= 15 is 0 Å². The number of hydrogen-bond donors (Lipinski definition) is 0. The zero-order chi connectivity index (χ0) is 8.65. The molecule has 0 unspecified atom stereocenters. The van der Waals surface area contributed by atoms with Gasteiger partial charge in [0.2, 0.25) is 0 Å². The molecule has 66 valence electrons. The van der Waals surface area contributed by atoms with Gasteiger partial charge in [-0.1, -0.05) is 18.4 Å². The highest BCUT2D eigenvalue weighted by atomic mass is 16.5. The van der Waals surface area contributed by atoms with Crippen molar-refractivity contribution in [2.75, 3.05) is 0 Å². The summed E-state index contributed by atoms with van der Waals surface area (Å²) in [5, 5.41) is 0. The second kappa shape index (κ2) is 5.71. The van der Waals surface area contributed by atoms with E-state index in [-0.39, 0.29) is 0 Å². The first-order valence-corrected chi connectivity index (χ1v) is 4.68. The molecule has 0 N–H and O–H groups in total. The Morgan fingerprint density at radius 2 is 2.08 bits per heavy atom. The van der Waals surface area contributed by atoms with Crippen molar-refractivity contribution >= 4 is 0 Å². The molecule has 0 aromatic rings. The fraction of sp³-hybridized carbons (Fsp3) is 0.636. The molecule has 0 radical (unpaired) electrons. The van der Waals surface area contributed by atoms with Crippen molar-refractivity contribution in [1.82, 2.24) is 0 Å². The summed E-state index contributed by atoms with van der Waals surface area (Å²) in [6, 6.07) is 0. The van der Waals surface area contributed by atoms with Gasteiger partial charge < -0.3 is 4.74 Å². The molecule has 1 nitrogen and oxygen atoms in total. The van der Waals surface area contributed by atoms with Gasteiger partial charge in [-0.3, -0.25) is 0 Å². The molecule has 0 amide bonds. The van der Waals surface area contributed by atoms with E-state index in [4.69, 9.17) is 4.74 Å². The van der Waals surface area contributed by atoms with E-state index in [0.717, 1.165) is 6.42 Å². The molecular formula is C11H16O. The summed E-state index contributed by atoms with van der Waals surface area (Å²) in [7, 11) is 0. The van der Waals surface area contributed by atoms with E-state index in [1.807, 2.05) is 0 Å². The molecule has 0 saturated heterocycles. The van der Waals surface area contributed by atoms with E-state index in [1.165, 1.54) is 32.1 Å². The minimum atomic E-state index is 0.399. The van der Waals surface area contributed by atoms with Gasteiger partial charge in [-0.05, 0) is 25.7 Å². The molecule has 1 aliphatic carbocycles.